The average Bonchev–Trinajstić information content (AvgIpc) is 2.31. The molecule has 0 bridgehead atoms. The number of ether oxygens (including phenoxy) is 1. The topological polar surface area (TPSA) is 38.3 Å². The summed E-state index contributed by atoms with van der Waals surface area (Å²) in [4.78, 5) is -0.110. The van der Waals surface area contributed by atoms with Gasteiger partial charge in [-0.3, -0.25) is 4.21 Å². The van der Waals surface area contributed by atoms with Crippen molar-refractivity contribution in [2.45, 2.75) is 10.9 Å². The van der Waals surface area contributed by atoms with Crippen molar-refractivity contribution in [1.29, 1.82) is 0 Å². The Kier molecular flexibility index (Phi) is 5.67. The number of hydrogen-bond acceptors (Lipinski definition) is 3. The summed E-state index contributed by atoms with van der Waals surface area (Å²) in [5.41, 5.74) is 0. The van der Waals surface area contributed by atoms with Crippen molar-refractivity contribution < 1.29 is 17.7 Å². The first-order chi connectivity index (χ1) is 8.08. The summed E-state index contributed by atoms with van der Waals surface area (Å²) in [7, 11) is 1.63. The fourth-order valence-corrected chi connectivity index (χ4v) is 2.68. The number of benzene rings is 1. The highest BCUT2D eigenvalue weighted by Crippen LogP contribution is 2.14. The molecule has 0 saturated carbocycles. The van der Waals surface area contributed by atoms with Gasteiger partial charge in [-0.1, -0.05) is 0 Å². The van der Waals surface area contributed by atoms with Crippen LogP contribution in [0.3, 0.4) is 0 Å². The third-order valence-electron chi connectivity index (χ3n) is 2.27. The molecule has 3 nitrogen and oxygen atoms in total. The van der Waals surface area contributed by atoms with Gasteiger partial charge in [0, 0.05) is 18.9 Å². The molecule has 0 fully saturated rings. The molecule has 1 aromatic carbocycles. The Labute approximate surface area is 102 Å². The summed E-state index contributed by atoms with van der Waals surface area (Å²) in [6.45, 7) is 0.360. The number of methoxy groups -OCH3 is 1. The number of halogens is 2. The fourth-order valence-electron chi connectivity index (χ4n) is 1.34. The second kappa shape index (κ2) is 6.78. The van der Waals surface area contributed by atoms with Gasteiger partial charge in [-0.25, -0.2) is 8.78 Å². The Morgan fingerprint density at radius 1 is 1.47 bits per heavy atom. The van der Waals surface area contributed by atoms with E-state index in [0.29, 0.717) is 6.61 Å². The van der Waals surface area contributed by atoms with Crippen LogP contribution < -0.4 is 5.32 Å². The van der Waals surface area contributed by atoms with Crippen LogP contribution in [-0.4, -0.2) is 36.8 Å². The number of nitrogens with one attached hydrogen (secondary N) is 1. The Morgan fingerprint density at radius 2 is 2.18 bits per heavy atom. The smallest absolute Gasteiger partial charge is 0.139 e. The number of likely N-dealkylation sites (N-methyl/N-ethyl adjacent to an activating group) is 1. The van der Waals surface area contributed by atoms with E-state index in [1.807, 2.05) is 0 Å². The van der Waals surface area contributed by atoms with E-state index in [4.69, 9.17) is 4.74 Å². The Balaban J connectivity index is 2.78. The van der Waals surface area contributed by atoms with E-state index < -0.39 is 22.4 Å². The minimum atomic E-state index is -1.59. The molecule has 0 aromatic heterocycles. The molecular weight excluding hydrogens is 248 g/mol. The lowest BCUT2D eigenvalue weighted by Crippen LogP contribution is -2.35. The van der Waals surface area contributed by atoms with Crippen LogP contribution in [-0.2, 0) is 15.5 Å². The summed E-state index contributed by atoms with van der Waals surface area (Å²) in [5.74, 6) is -1.08. The minimum absolute atomic E-state index is 0.110. The normalized spacial score (nSPS) is 14.6. The van der Waals surface area contributed by atoms with Crippen molar-refractivity contribution in [2.75, 3.05) is 26.5 Å². The van der Waals surface area contributed by atoms with E-state index in [2.05, 4.69) is 5.32 Å². The summed E-state index contributed by atoms with van der Waals surface area (Å²) >= 11 is 0. The summed E-state index contributed by atoms with van der Waals surface area (Å²) in [6, 6.07) is 2.78. The van der Waals surface area contributed by atoms with Gasteiger partial charge in [0.25, 0.3) is 0 Å². The molecule has 0 aliphatic carbocycles. The lowest BCUT2D eigenvalue weighted by molar-refractivity contribution is 0.176. The standard InChI is InChI=1S/C11H15F2NO2S/c1-14-9(6-16-2)7-17(15)11-5-8(12)3-4-10(11)13/h3-5,9,14H,6-7H2,1-2H3. The highest BCUT2D eigenvalue weighted by atomic mass is 32.2. The van der Waals surface area contributed by atoms with E-state index in [1.165, 1.54) is 7.11 Å². The van der Waals surface area contributed by atoms with E-state index in [-0.39, 0.29) is 16.7 Å². The van der Waals surface area contributed by atoms with E-state index in [0.717, 1.165) is 18.2 Å². The molecule has 0 saturated heterocycles. The molecular formula is C11H15F2NO2S. The molecule has 1 N–H and O–H groups in total. The summed E-state index contributed by atoms with van der Waals surface area (Å²) in [5, 5.41) is 2.90. The molecule has 2 atom stereocenters. The van der Waals surface area contributed by atoms with Gasteiger partial charge in [0.05, 0.1) is 22.3 Å². The van der Waals surface area contributed by atoms with Crippen LogP contribution in [0.2, 0.25) is 0 Å². The number of hydrogen-bond donors (Lipinski definition) is 1. The van der Waals surface area contributed by atoms with Gasteiger partial charge in [0.2, 0.25) is 0 Å². The molecule has 0 amide bonds. The van der Waals surface area contributed by atoms with Crippen LogP contribution in [0, 0.1) is 11.6 Å². The van der Waals surface area contributed by atoms with Gasteiger partial charge in [-0.05, 0) is 25.2 Å². The predicted octanol–water partition coefficient (Wildman–Crippen LogP) is 1.31. The lowest BCUT2D eigenvalue weighted by atomic mass is 10.3. The quantitative estimate of drug-likeness (QED) is 0.841. The van der Waals surface area contributed by atoms with Crippen LogP contribution in [0.4, 0.5) is 8.78 Å². The zero-order chi connectivity index (χ0) is 12.8. The van der Waals surface area contributed by atoms with Crippen molar-refractivity contribution in [3.63, 3.8) is 0 Å². The molecule has 0 aliphatic rings. The first kappa shape index (κ1) is 14.2. The maximum atomic E-state index is 13.3. The monoisotopic (exact) mass is 263 g/mol. The molecule has 0 heterocycles. The zero-order valence-corrected chi connectivity index (χ0v) is 10.5. The van der Waals surface area contributed by atoms with Crippen LogP contribution in [0.1, 0.15) is 0 Å². The van der Waals surface area contributed by atoms with Crippen LogP contribution in [0.5, 0.6) is 0 Å². The molecule has 6 heteroatoms. The van der Waals surface area contributed by atoms with Crippen molar-refractivity contribution >= 4 is 10.8 Å². The highest BCUT2D eigenvalue weighted by Gasteiger charge is 2.16. The molecule has 0 radical (unpaired) electrons. The van der Waals surface area contributed by atoms with E-state index >= 15 is 0 Å². The molecule has 2 unspecified atom stereocenters. The van der Waals surface area contributed by atoms with Gasteiger partial charge < -0.3 is 10.1 Å². The van der Waals surface area contributed by atoms with Crippen LogP contribution in [0.15, 0.2) is 23.1 Å². The van der Waals surface area contributed by atoms with Crippen molar-refractivity contribution in [2.24, 2.45) is 0 Å². The van der Waals surface area contributed by atoms with Crippen LogP contribution in [0.25, 0.3) is 0 Å². The maximum Gasteiger partial charge on any atom is 0.139 e. The number of rotatable bonds is 6. The second-order valence-corrected chi connectivity index (χ2v) is 4.99. The Morgan fingerprint density at radius 3 is 2.76 bits per heavy atom. The highest BCUT2D eigenvalue weighted by molar-refractivity contribution is 7.85. The van der Waals surface area contributed by atoms with Gasteiger partial charge >= 0.3 is 0 Å². The molecule has 0 spiro atoms. The third kappa shape index (κ3) is 4.14. The van der Waals surface area contributed by atoms with E-state index in [9.17, 15) is 13.0 Å². The summed E-state index contributed by atoms with van der Waals surface area (Å²) < 4.78 is 43.1. The molecule has 0 aliphatic heterocycles. The molecule has 1 aromatic rings. The largest absolute Gasteiger partial charge is 0.383 e. The SMILES string of the molecule is CNC(COC)CS(=O)c1cc(F)ccc1F. The maximum absolute atomic E-state index is 13.3. The van der Waals surface area contributed by atoms with E-state index in [1.54, 1.807) is 7.05 Å². The van der Waals surface area contributed by atoms with Crippen molar-refractivity contribution in [3.05, 3.63) is 29.8 Å². The predicted molar refractivity (Wildman–Crippen MR) is 62.4 cm³/mol. The Bertz CT molecular complexity index is 401. The van der Waals surface area contributed by atoms with Crippen LogP contribution >= 0.6 is 0 Å². The summed E-state index contributed by atoms with van der Waals surface area (Å²) in [6.07, 6.45) is 0. The van der Waals surface area contributed by atoms with Crippen molar-refractivity contribution in [3.8, 4) is 0 Å². The average molecular weight is 263 g/mol. The van der Waals surface area contributed by atoms with Gasteiger partial charge in [0.15, 0.2) is 0 Å². The molecule has 1 rings (SSSR count). The van der Waals surface area contributed by atoms with Gasteiger partial charge in [-0.2, -0.15) is 0 Å². The zero-order valence-electron chi connectivity index (χ0n) is 9.70. The first-order valence-electron chi connectivity index (χ1n) is 5.08. The van der Waals surface area contributed by atoms with Gasteiger partial charge in [-0.15, -0.1) is 0 Å². The molecule has 96 valence electrons. The minimum Gasteiger partial charge on any atom is -0.383 e. The second-order valence-electron chi connectivity index (χ2n) is 3.53. The third-order valence-corrected chi connectivity index (χ3v) is 3.78. The lowest BCUT2D eigenvalue weighted by Gasteiger charge is -2.14. The Hall–Kier alpha value is -0.850. The van der Waals surface area contributed by atoms with Gasteiger partial charge in [0.1, 0.15) is 11.6 Å². The molecule has 17 heavy (non-hydrogen) atoms. The van der Waals surface area contributed by atoms with Crippen molar-refractivity contribution in [1.82, 2.24) is 5.32 Å². The first-order valence-corrected chi connectivity index (χ1v) is 6.40. The fraction of sp³-hybridized carbons (Fsp3) is 0.455.